The van der Waals surface area contributed by atoms with Crippen LogP contribution in [0.15, 0.2) is 12.2 Å². The lowest BCUT2D eigenvalue weighted by molar-refractivity contribution is -0.148. The molecule has 0 heterocycles. The summed E-state index contributed by atoms with van der Waals surface area (Å²) in [5.41, 5.74) is 0. The summed E-state index contributed by atoms with van der Waals surface area (Å²) < 4.78 is 5.04. The number of esters is 1. The topological polar surface area (TPSA) is 26.3 Å². The van der Waals surface area contributed by atoms with Gasteiger partial charge in [-0.1, -0.05) is 12.2 Å². The highest BCUT2D eigenvalue weighted by molar-refractivity contribution is 5.70. The van der Waals surface area contributed by atoms with Gasteiger partial charge >= 0.3 is 5.97 Å². The normalized spacial score (nSPS) is 21.8. The molecule has 0 bridgehead atoms. The minimum Gasteiger partial charge on any atom is -0.463 e. The van der Waals surface area contributed by atoms with Gasteiger partial charge in [0.05, 0.1) is 12.5 Å². The molecule has 1 aliphatic rings. The van der Waals surface area contributed by atoms with E-state index in [4.69, 9.17) is 4.74 Å². The summed E-state index contributed by atoms with van der Waals surface area (Å²) in [6.07, 6.45) is 7.03. The van der Waals surface area contributed by atoms with Crippen LogP contribution >= 0.6 is 0 Å². The lowest BCUT2D eigenvalue weighted by atomic mass is 10.1. The Balaban J connectivity index is 2.21. The highest BCUT2D eigenvalue weighted by atomic mass is 16.5. The zero-order valence-corrected chi connectivity index (χ0v) is 7.75. The molecule has 0 saturated heterocycles. The molecule has 0 spiro atoms. The Bertz CT molecular complexity index is 182. The monoisotopic (exact) mass is 168 g/mol. The van der Waals surface area contributed by atoms with Crippen molar-refractivity contribution < 1.29 is 9.53 Å². The number of allylic oxidation sites excluding steroid dienone is 2. The third kappa shape index (κ3) is 3.07. The number of carbonyl (C=O) groups is 1. The molecule has 0 fully saturated rings. The zero-order valence-electron chi connectivity index (χ0n) is 7.75. The van der Waals surface area contributed by atoms with Gasteiger partial charge < -0.3 is 4.74 Å². The van der Waals surface area contributed by atoms with E-state index >= 15 is 0 Å². The van der Waals surface area contributed by atoms with Gasteiger partial charge in [0, 0.05) is 0 Å². The van der Waals surface area contributed by atoms with Crippen LogP contribution in [0.2, 0.25) is 0 Å². The average Bonchev–Trinajstić information content (AvgIpc) is 2.37. The summed E-state index contributed by atoms with van der Waals surface area (Å²) in [5, 5.41) is 0. The van der Waals surface area contributed by atoms with E-state index in [1.807, 2.05) is 13.8 Å². The van der Waals surface area contributed by atoms with Crippen LogP contribution in [0.5, 0.6) is 0 Å². The Morgan fingerprint density at radius 2 is 2.42 bits per heavy atom. The second-order valence-corrected chi connectivity index (χ2v) is 3.51. The minimum absolute atomic E-state index is 0.0166. The average molecular weight is 168 g/mol. The first-order valence-electron chi connectivity index (χ1n) is 4.54. The molecule has 0 aromatic heterocycles. The molecule has 0 radical (unpaired) electrons. The maximum absolute atomic E-state index is 11.2. The first-order chi connectivity index (χ1) is 5.68. The summed E-state index contributed by atoms with van der Waals surface area (Å²) in [7, 11) is 0. The van der Waals surface area contributed by atoms with Gasteiger partial charge in [0.15, 0.2) is 0 Å². The number of ether oxygens (including phenoxy) is 1. The third-order valence-electron chi connectivity index (χ3n) is 1.91. The Morgan fingerprint density at radius 3 is 2.92 bits per heavy atom. The molecular weight excluding hydrogens is 152 g/mol. The van der Waals surface area contributed by atoms with Crippen molar-refractivity contribution in [3.05, 3.63) is 12.2 Å². The fraction of sp³-hybridized carbons (Fsp3) is 0.700. The Labute approximate surface area is 73.6 Å². The molecule has 2 nitrogen and oxygen atoms in total. The van der Waals surface area contributed by atoms with Gasteiger partial charge in [0.1, 0.15) is 0 Å². The van der Waals surface area contributed by atoms with Gasteiger partial charge in [-0.25, -0.2) is 0 Å². The van der Waals surface area contributed by atoms with E-state index in [2.05, 4.69) is 12.2 Å². The first kappa shape index (κ1) is 9.30. The number of hydrogen-bond acceptors (Lipinski definition) is 2. The smallest absolute Gasteiger partial charge is 0.306 e. The maximum atomic E-state index is 11.2. The standard InChI is InChI=1S/C10H16O2/c1-8(2)12-10(11)7-9-5-3-4-6-9/h3,5,8-9H,4,6-7H2,1-2H3. The van der Waals surface area contributed by atoms with Crippen LogP contribution in [0.4, 0.5) is 0 Å². The van der Waals surface area contributed by atoms with E-state index in [1.54, 1.807) is 0 Å². The molecule has 12 heavy (non-hydrogen) atoms. The molecule has 0 aliphatic heterocycles. The van der Waals surface area contributed by atoms with Crippen LogP contribution in [0.25, 0.3) is 0 Å². The predicted molar refractivity (Wildman–Crippen MR) is 47.7 cm³/mol. The molecule has 1 aliphatic carbocycles. The quantitative estimate of drug-likeness (QED) is 0.477. The van der Waals surface area contributed by atoms with E-state index in [-0.39, 0.29) is 12.1 Å². The molecule has 1 atom stereocenters. The van der Waals surface area contributed by atoms with Crippen molar-refractivity contribution in [3.8, 4) is 0 Å². The number of carbonyl (C=O) groups excluding carboxylic acids is 1. The number of rotatable bonds is 3. The second-order valence-electron chi connectivity index (χ2n) is 3.51. The van der Waals surface area contributed by atoms with E-state index in [9.17, 15) is 4.79 Å². The van der Waals surface area contributed by atoms with Crippen LogP contribution in [-0.4, -0.2) is 12.1 Å². The van der Waals surface area contributed by atoms with Crippen LogP contribution in [0, 0.1) is 5.92 Å². The lowest BCUT2D eigenvalue weighted by Crippen LogP contribution is -2.13. The maximum Gasteiger partial charge on any atom is 0.306 e. The third-order valence-corrected chi connectivity index (χ3v) is 1.91. The van der Waals surface area contributed by atoms with Gasteiger partial charge in [-0.15, -0.1) is 0 Å². The molecule has 68 valence electrons. The van der Waals surface area contributed by atoms with Crippen molar-refractivity contribution in [2.24, 2.45) is 5.92 Å². The molecule has 0 N–H and O–H groups in total. The summed E-state index contributed by atoms with van der Waals surface area (Å²) in [6, 6.07) is 0. The van der Waals surface area contributed by atoms with Crippen LogP contribution in [-0.2, 0) is 9.53 Å². The molecule has 1 rings (SSSR count). The fourth-order valence-corrected chi connectivity index (χ4v) is 1.39. The van der Waals surface area contributed by atoms with Crippen molar-refractivity contribution in [2.45, 2.75) is 39.2 Å². The van der Waals surface area contributed by atoms with Crippen molar-refractivity contribution in [2.75, 3.05) is 0 Å². The van der Waals surface area contributed by atoms with Gasteiger partial charge in [-0.05, 0) is 32.6 Å². The van der Waals surface area contributed by atoms with E-state index < -0.39 is 0 Å². The highest BCUT2D eigenvalue weighted by Gasteiger charge is 2.15. The Kier molecular flexibility index (Phi) is 3.32. The molecular formula is C10H16O2. The zero-order chi connectivity index (χ0) is 8.97. The summed E-state index contributed by atoms with van der Waals surface area (Å²) in [5.74, 6) is 0.359. The second kappa shape index (κ2) is 4.29. The molecule has 0 aromatic rings. The Hall–Kier alpha value is -0.790. The summed E-state index contributed by atoms with van der Waals surface area (Å²) in [6.45, 7) is 3.75. The van der Waals surface area contributed by atoms with E-state index in [0.717, 1.165) is 12.8 Å². The molecule has 2 heteroatoms. The molecule has 0 amide bonds. The van der Waals surface area contributed by atoms with Crippen LogP contribution < -0.4 is 0 Å². The first-order valence-corrected chi connectivity index (χ1v) is 4.54. The van der Waals surface area contributed by atoms with Crippen molar-refractivity contribution in [1.29, 1.82) is 0 Å². The summed E-state index contributed by atoms with van der Waals surface area (Å²) in [4.78, 5) is 11.2. The van der Waals surface area contributed by atoms with Gasteiger partial charge in [-0.3, -0.25) is 4.79 Å². The van der Waals surface area contributed by atoms with E-state index in [0.29, 0.717) is 12.3 Å². The SMILES string of the molecule is CC(C)OC(=O)CC1C=CCC1. The predicted octanol–water partition coefficient (Wildman–Crippen LogP) is 2.29. The van der Waals surface area contributed by atoms with Crippen LogP contribution in [0.1, 0.15) is 33.1 Å². The number of hydrogen-bond donors (Lipinski definition) is 0. The molecule has 1 unspecified atom stereocenters. The van der Waals surface area contributed by atoms with Crippen molar-refractivity contribution in [3.63, 3.8) is 0 Å². The van der Waals surface area contributed by atoms with Crippen molar-refractivity contribution >= 4 is 5.97 Å². The Morgan fingerprint density at radius 1 is 1.67 bits per heavy atom. The van der Waals surface area contributed by atoms with Gasteiger partial charge in [-0.2, -0.15) is 0 Å². The van der Waals surface area contributed by atoms with Crippen LogP contribution in [0.3, 0.4) is 0 Å². The van der Waals surface area contributed by atoms with Gasteiger partial charge in [0.25, 0.3) is 0 Å². The van der Waals surface area contributed by atoms with Gasteiger partial charge in [0.2, 0.25) is 0 Å². The summed E-state index contributed by atoms with van der Waals surface area (Å²) >= 11 is 0. The highest BCUT2D eigenvalue weighted by Crippen LogP contribution is 2.20. The van der Waals surface area contributed by atoms with E-state index in [1.165, 1.54) is 0 Å². The fourth-order valence-electron chi connectivity index (χ4n) is 1.39. The lowest BCUT2D eigenvalue weighted by Gasteiger charge is -2.10. The molecule has 0 saturated carbocycles. The molecule has 0 aromatic carbocycles. The minimum atomic E-state index is -0.0680. The van der Waals surface area contributed by atoms with Crippen molar-refractivity contribution in [1.82, 2.24) is 0 Å². The largest absolute Gasteiger partial charge is 0.463 e.